The fourth-order valence-corrected chi connectivity index (χ4v) is 1.22. The minimum Gasteiger partial charge on any atom is -0.384 e. The van der Waals surface area contributed by atoms with Crippen LogP contribution in [0.2, 0.25) is 5.02 Å². The van der Waals surface area contributed by atoms with Gasteiger partial charge in [-0.3, -0.25) is 0 Å². The summed E-state index contributed by atoms with van der Waals surface area (Å²) in [5, 5.41) is 4.02. The second-order valence-corrected chi connectivity index (χ2v) is 3.52. The summed E-state index contributed by atoms with van der Waals surface area (Å²) < 4.78 is 0. The molecule has 1 nitrogen and oxygen atoms in total. The molecule has 1 N–H and O–H groups in total. The first kappa shape index (κ1) is 10.1. The van der Waals surface area contributed by atoms with Crippen LogP contribution >= 0.6 is 11.6 Å². The Labute approximate surface area is 84.4 Å². The third kappa shape index (κ3) is 3.51. The maximum absolute atomic E-state index is 5.95. The van der Waals surface area contributed by atoms with Gasteiger partial charge in [-0.1, -0.05) is 29.3 Å². The van der Waals surface area contributed by atoms with Crippen molar-refractivity contribution in [2.45, 2.75) is 13.3 Å². The molecule has 0 aliphatic heterocycles. The van der Waals surface area contributed by atoms with Gasteiger partial charge in [-0.05, 0) is 25.5 Å². The van der Waals surface area contributed by atoms with Crippen LogP contribution in [-0.4, -0.2) is 6.54 Å². The molecule has 0 aliphatic carbocycles. The number of anilines is 1. The van der Waals surface area contributed by atoms with Crippen molar-refractivity contribution in [1.82, 2.24) is 0 Å². The molecule has 70 valence electrons. The Morgan fingerprint density at radius 1 is 1.46 bits per heavy atom. The lowest BCUT2D eigenvalue weighted by molar-refractivity contribution is 1.00. The third-order valence-corrected chi connectivity index (χ3v) is 2.07. The average molecular weight is 196 g/mol. The van der Waals surface area contributed by atoms with Crippen LogP contribution in [-0.2, 0) is 0 Å². The number of hydrogen-bond acceptors (Lipinski definition) is 1. The van der Waals surface area contributed by atoms with Crippen molar-refractivity contribution in [3.05, 3.63) is 41.4 Å². The number of nitrogens with one attached hydrogen (secondary N) is 1. The first-order valence-electron chi connectivity index (χ1n) is 4.33. The van der Waals surface area contributed by atoms with E-state index < -0.39 is 0 Å². The van der Waals surface area contributed by atoms with Gasteiger partial charge >= 0.3 is 0 Å². The van der Waals surface area contributed by atoms with Crippen molar-refractivity contribution < 1.29 is 0 Å². The van der Waals surface area contributed by atoms with Gasteiger partial charge in [0.1, 0.15) is 0 Å². The molecule has 0 aliphatic rings. The lowest BCUT2D eigenvalue weighted by Gasteiger charge is -2.07. The second kappa shape index (κ2) is 4.93. The zero-order valence-corrected chi connectivity index (χ0v) is 8.56. The molecule has 1 aromatic rings. The van der Waals surface area contributed by atoms with E-state index >= 15 is 0 Å². The smallest absolute Gasteiger partial charge is 0.0637 e. The van der Waals surface area contributed by atoms with E-state index in [1.807, 2.05) is 31.2 Å². The minimum absolute atomic E-state index is 0.768. The molecule has 0 unspecified atom stereocenters. The molecule has 0 heterocycles. The van der Waals surface area contributed by atoms with Crippen LogP contribution in [0.15, 0.2) is 36.4 Å². The van der Waals surface area contributed by atoms with Gasteiger partial charge in [-0.2, -0.15) is 0 Å². The molecular formula is C11H14ClN. The molecule has 0 saturated carbocycles. The lowest BCUT2D eigenvalue weighted by atomic mass is 10.2. The Bertz CT molecular complexity index is 294. The van der Waals surface area contributed by atoms with Gasteiger partial charge in [-0.25, -0.2) is 0 Å². The van der Waals surface area contributed by atoms with Crippen molar-refractivity contribution in [3.8, 4) is 0 Å². The summed E-state index contributed by atoms with van der Waals surface area (Å²) in [5.41, 5.74) is 2.17. The Balaban J connectivity index is 2.45. The number of para-hydroxylation sites is 1. The van der Waals surface area contributed by atoms with E-state index in [1.54, 1.807) is 0 Å². The number of benzene rings is 1. The number of rotatable bonds is 4. The molecule has 0 aromatic heterocycles. The first-order chi connectivity index (χ1) is 6.20. The number of hydrogen-bond donors (Lipinski definition) is 1. The van der Waals surface area contributed by atoms with E-state index in [-0.39, 0.29) is 0 Å². The standard InChI is InChI=1S/C11H14ClN/c1-9(2)7-8-13-11-6-4-3-5-10(11)12/h3-6,13H,1,7-8H2,2H3. The Morgan fingerprint density at radius 3 is 2.77 bits per heavy atom. The fourth-order valence-electron chi connectivity index (χ4n) is 1.02. The molecule has 0 fully saturated rings. The fraction of sp³-hybridized carbons (Fsp3) is 0.273. The molecule has 0 amide bonds. The van der Waals surface area contributed by atoms with Crippen LogP contribution in [0.25, 0.3) is 0 Å². The van der Waals surface area contributed by atoms with Gasteiger partial charge in [0.25, 0.3) is 0 Å². The van der Waals surface area contributed by atoms with E-state index in [0.29, 0.717) is 0 Å². The van der Waals surface area contributed by atoms with Crippen molar-refractivity contribution in [1.29, 1.82) is 0 Å². The molecule has 0 bridgehead atoms. The predicted molar refractivity (Wildman–Crippen MR) is 59.4 cm³/mol. The van der Waals surface area contributed by atoms with Gasteiger partial charge in [0.2, 0.25) is 0 Å². The van der Waals surface area contributed by atoms with E-state index in [1.165, 1.54) is 5.57 Å². The van der Waals surface area contributed by atoms with Gasteiger partial charge in [0.15, 0.2) is 0 Å². The summed E-state index contributed by atoms with van der Waals surface area (Å²) in [4.78, 5) is 0. The molecule has 0 radical (unpaired) electrons. The Morgan fingerprint density at radius 2 is 2.15 bits per heavy atom. The quantitative estimate of drug-likeness (QED) is 0.723. The summed E-state index contributed by atoms with van der Waals surface area (Å²) in [7, 11) is 0. The highest BCUT2D eigenvalue weighted by atomic mass is 35.5. The normalized spacial score (nSPS) is 9.69. The van der Waals surface area contributed by atoms with Crippen molar-refractivity contribution in [3.63, 3.8) is 0 Å². The molecular weight excluding hydrogens is 182 g/mol. The largest absolute Gasteiger partial charge is 0.384 e. The van der Waals surface area contributed by atoms with Crippen LogP contribution in [0.4, 0.5) is 5.69 Å². The van der Waals surface area contributed by atoms with E-state index in [0.717, 1.165) is 23.7 Å². The molecule has 0 spiro atoms. The van der Waals surface area contributed by atoms with Gasteiger partial charge in [-0.15, -0.1) is 6.58 Å². The van der Waals surface area contributed by atoms with Crippen molar-refractivity contribution in [2.75, 3.05) is 11.9 Å². The monoisotopic (exact) mass is 195 g/mol. The van der Waals surface area contributed by atoms with Crippen LogP contribution in [0.5, 0.6) is 0 Å². The summed E-state index contributed by atoms with van der Waals surface area (Å²) >= 11 is 5.95. The molecule has 0 atom stereocenters. The van der Waals surface area contributed by atoms with Crippen LogP contribution in [0.1, 0.15) is 13.3 Å². The highest BCUT2D eigenvalue weighted by Gasteiger charge is 1.96. The van der Waals surface area contributed by atoms with E-state index in [2.05, 4.69) is 11.9 Å². The topological polar surface area (TPSA) is 12.0 Å². The summed E-state index contributed by atoms with van der Waals surface area (Å²) in [6, 6.07) is 7.74. The maximum Gasteiger partial charge on any atom is 0.0637 e. The molecule has 1 aromatic carbocycles. The Kier molecular flexibility index (Phi) is 3.84. The zero-order chi connectivity index (χ0) is 9.68. The van der Waals surface area contributed by atoms with E-state index in [9.17, 15) is 0 Å². The zero-order valence-electron chi connectivity index (χ0n) is 7.81. The SMILES string of the molecule is C=C(C)CCNc1ccccc1Cl. The highest BCUT2D eigenvalue weighted by Crippen LogP contribution is 2.20. The third-order valence-electron chi connectivity index (χ3n) is 1.74. The minimum atomic E-state index is 0.768. The Hall–Kier alpha value is -0.950. The highest BCUT2D eigenvalue weighted by molar-refractivity contribution is 6.33. The van der Waals surface area contributed by atoms with Gasteiger partial charge in [0.05, 0.1) is 10.7 Å². The van der Waals surface area contributed by atoms with Crippen LogP contribution in [0.3, 0.4) is 0 Å². The van der Waals surface area contributed by atoms with E-state index in [4.69, 9.17) is 11.6 Å². The van der Waals surface area contributed by atoms with Crippen molar-refractivity contribution >= 4 is 17.3 Å². The predicted octanol–water partition coefficient (Wildman–Crippen LogP) is 3.72. The average Bonchev–Trinajstić information content (AvgIpc) is 2.08. The van der Waals surface area contributed by atoms with Crippen LogP contribution < -0.4 is 5.32 Å². The van der Waals surface area contributed by atoms with Crippen LogP contribution in [0, 0.1) is 0 Å². The van der Waals surface area contributed by atoms with Gasteiger partial charge < -0.3 is 5.32 Å². The van der Waals surface area contributed by atoms with Crippen molar-refractivity contribution in [2.24, 2.45) is 0 Å². The first-order valence-corrected chi connectivity index (χ1v) is 4.70. The number of halogens is 1. The second-order valence-electron chi connectivity index (χ2n) is 3.11. The molecule has 13 heavy (non-hydrogen) atoms. The molecule has 0 saturated heterocycles. The molecule has 1 rings (SSSR count). The maximum atomic E-state index is 5.95. The summed E-state index contributed by atoms with van der Waals surface area (Å²) in [6.07, 6.45) is 0.977. The molecule has 2 heteroatoms. The van der Waals surface area contributed by atoms with Gasteiger partial charge in [0, 0.05) is 6.54 Å². The summed E-state index contributed by atoms with van der Waals surface area (Å²) in [6.45, 7) is 6.75. The summed E-state index contributed by atoms with van der Waals surface area (Å²) in [5.74, 6) is 0. The lowest BCUT2D eigenvalue weighted by Crippen LogP contribution is -2.01.